The SMILES string of the molecule is CCC(C)OP(=O)(O)C(=NOC(=O)COc1ccc(Cl)cc1)c1cccc(Oc2ccccc2)c1. The molecular formula is C25H25ClNO7P. The number of carbonyl (C=O) groups is 1. The molecule has 0 aliphatic heterocycles. The van der Waals surface area contributed by atoms with E-state index in [0.717, 1.165) is 0 Å². The Hall–Kier alpha value is -3.16. The Bertz CT molecular complexity index is 1200. The molecule has 2 atom stereocenters. The molecule has 0 aliphatic carbocycles. The summed E-state index contributed by atoms with van der Waals surface area (Å²) in [4.78, 5) is 27.8. The van der Waals surface area contributed by atoms with Gasteiger partial charge in [0, 0.05) is 10.6 Å². The Labute approximate surface area is 208 Å². The largest absolute Gasteiger partial charge is 0.482 e. The third kappa shape index (κ3) is 8.23. The van der Waals surface area contributed by atoms with Crippen molar-refractivity contribution in [3.05, 3.63) is 89.4 Å². The molecular weight excluding hydrogens is 493 g/mol. The molecule has 2 unspecified atom stereocenters. The van der Waals surface area contributed by atoms with Gasteiger partial charge < -0.3 is 23.7 Å². The molecule has 3 aromatic carbocycles. The lowest BCUT2D eigenvalue weighted by Crippen LogP contribution is -2.16. The number of benzene rings is 3. The molecule has 0 spiro atoms. The first-order chi connectivity index (χ1) is 16.8. The van der Waals surface area contributed by atoms with Crippen molar-refractivity contribution in [1.82, 2.24) is 0 Å². The van der Waals surface area contributed by atoms with Crippen molar-refractivity contribution in [2.24, 2.45) is 5.16 Å². The summed E-state index contributed by atoms with van der Waals surface area (Å²) in [6.07, 6.45) is -0.0484. The zero-order valence-corrected chi connectivity index (χ0v) is 20.8. The highest BCUT2D eigenvalue weighted by Gasteiger charge is 2.33. The van der Waals surface area contributed by atoms with Crippen LogP contribution in [-0.4, -0.2) is 29.0 Å². The number of carbonyl (C=O) groups excluding carboxylic acids is 1. The van der Waals surface area contributed by atoms with Gasteiger partial charge in [0.1, 0.15) is 17.2 Å². The highest BCUT2D eigenvalue weighted by atomic mass is 35.5. The Morgan fingerprint density at radius 2 is 1.69 bits per heavy atom. The Kier molecular flexibility index (Phi) is 9.46. The highest BCUT2D eigenvalue weighted by molar-refractivity contribution is 7.72. The fraction of sp³-hybridized carbons (Fsp3) is 0.200. The van der Waals surface area contributed by atoms with E-state index >= 15 is 0 Å². The molecule has 0 radical (unpaired) electrons. The zero-order valence-electron chi connectivity index (χ0n) is 19.2. The first-order valence-electron chi connectivity index (χ1n) is 10.8. The number of halogens is 1. The number of hydrogen-bond donors (Lipinski definition) is 1. The minimum absolute atomic E-state index is 0.194. The average molecular weight is 518 g/mol. The van der Waals surface area contributed by atoms with Crippen LogP contribution in [0.15, 0.2) is 84.0 Å². The monoisotopic (exact) mass is 517 g/mol. The van der Waals surface area contributed by atoms with Crippen molar-refractivity contribution >= 4 is 30.6 Å². The van der Waals surface area contributed by atoms with Gasteiger partial charge in [-0.3, -0.25) is 4.57 Å². The smallest absolute Gasteiger partial charge is 0.381 e. The van der Waals surface area contributed by atoms with Crippen LogP contribution in [0, 0.1) is 0 Å². The van der Waals surface area contributed by atoms with E-state index in [-0.39, 0.29) is 5.56 Å². The number of nitrogens with zero attached hydrogens (tertiary/aromatic N) is 1. The predicted octanol–water partition coefficient (Wildman–Crippen LogP) is 6.42. The van der Waals surface area contributed by atoms with Crippen molar-refractivity contribution in [3.8, 4) is 17.2 Å². The third-order valence-electron chi connectivity index (χ3n) is 4.64. The molecule has 8 nitrogen and oxygen atoms in total. The number of rotatable bonds is 11. The number of hydrogen-bond acceptors (Lipinski definition) is 7. The van der Waals surface area contributed by atoms with E-state index < -0.39 is 31.7 Å². The third-order valence-corrected chi connectivity index (χ3v) is 6.41. The zero-order chi connectivity index (χ0) is 25.3. The molecule has 0 heterocycles. The summed E-state index contributed by atoms with van der Waals surface area (Å²) >= 11 is 5.83. The molecule has 3 aromatic rings. The van der Waals surface area contributed by atoms with Crippen LogP contribution >= 0.6 is 19.2 Å². The topological polar surface area (TPSA) is 104 Å². The summed E-state index contributed by atoms with van der Waals surface area (Å²) in [5.41, 5.74) is -0.241. The summed E-state index contributed by atoms with van der Waals surface area (Å²) in [5.74, 6) is 0.492. The Balaban J connectivity index is 1.81. The van der Waals surface area contributed by atoms with Gasteiger partial charge in [-0.05, 0) is 61.9 Å². The number of oxime groups is 1. The van der Waals surface area contributed by atoms with Gasteiger partial charge in [-0.25, -0.2) is 4.79 Å². The lowest BCUT2D eigenvalue weighted by atomic mass is 10.2. The van der Waals surface area contributed by atoms with E-state index in [1.807, 2.05) is 25.1 Å². The fourth-order valence-electron chi connectivity index (χ4n) is 2.75. The summed E-state index contributed by atoms with van der Waals surface area (Å²) in [6, 6.07) is 21.8. The number of ether oxygens (including phenoxy) is 2. The molecule has 0 saturated heterocycles. The Morgan fingerprint density at radius 3 is 2.37 bits per heavy atom. The van der Waals surface area contributed by atoms with Crippen LogP contribution in [0.2, 0.25) is 5.02 Å². The van der Waals surface area contributed by atoms with Crippen LogP contribution in [0.1, 0.15) is 25.8 Å². The summed E-state index contributed by atoms with van der Waals surface area (Å²) in [5, 5.41) is 4.22. The van der Waals surface area contributed by atoms with Crippen LogP contribution < -0.4 is 9.47 Å². The van der Waals surface area contributed by atoms with Crippen molar-refractivity contribution in [2.75, 3.05) is 6.61 Å². The highest BCUT2D eigenvalue weighted by Crippen LogP contribution is 2.48. The molecule has 1 N–H and O–H groups in total. The molecule has 3 rings (SSSR count). The molecule has 184 valence electrons. The lowest BCUT2D eigenvalue weighted by molar-refractivity contribution is -0.145. The van der Waals surface area contributed by atoms with Gasteiger partial charge in [-0.2, -0.15) is 0 Å². The molecule has 0 aromatic heterocycles. The maximum atomic E-state index is 13.1. The molecule has 10 heteroatoms. The van der Waals surface area contributed by atoms with E-state index in [4.69, 9.17) is 30.4 Å². The fourth-order valence-corrected chi connectivity index (χ4v) is 4.22. The van der Waals surface area contributed by atoms with Gasteiger partial charge in [-0.1, -0.05) is 54.0 Å². The summed E-state index contributed by atoms with van der Waals surface area (Å²) < 4.78 is 29.6. The van der Waals surface area contributed by atoms with E-state index in [2.05, 4.69) is 5.16 Å². The van der Waals surface area contributed by atoms with Gasteiger partial charge in [0.25, 0.3) is 0 Å². The van der Waals surface area contributed by atoms with E-state index in [0.29, 0.717) is 28.7 Å². The van der Waals surface area contributed by atoms with E-state index in [9.17, 15) is 14.3 Å². The van der Waals surface area contributed by atoms with E-state index in [1.54, 1.807) is 55.5 Å². The first-order valence-corrected chi connectivity index (χ1v) is 12.7. The van der Waals surface area contributed by atoms with E-state index in [1.165, 1.54) is 12.1 Å². The quantitative estimate of drug-likeness (QED) is 0.135. The molecule has 0 amide bonds. The maximum absolute atomic E-state index is 13.1. The summed E-state index contributed by atoms with van der Waals surface area (Å²) in [6.45, 7) is 2.99. The molecule has 0 aliphatic rings. The van der Waals surface area contributed by atoms with Crippen LogP contribution in [0.5, 0.6) is 17.2 Å². The van der Waals surface area contributed by atoms with Gasteiger partial charge in [-0.15, -0.1) is 0 Å². The van der Waals surface area contributed by atoms with Crippen LogP contribution in [0.3, 0.4) is 0 Å². The van der Waals surface area contributed by atoms with Crippen molar-refractivity contribution in [2.45, 2.75) is 26.4 Å². The van der Waals surface area contributed by atoms with Gasteiger partial charge in [0.2, 0.25) is 0 Å². The normalized spacial score (nSPS) is 14.0. The maximum Gasteiger partial charge on any atom is 0.381 e. The van der Waals surface area contributed by atoms with Gasteiger partial charge in [0.15, 0.2) is 12.1 Å². The first kappa shape index (κ1) is 26.4. The van der Waals surface area contributed by atoms with Gasteiger partial charge >= 0.3 is 13.6 Å². The van der Waals surface area contributed by atoms with Crippen LogP contribution in [-0.2, 0) is 18.7 Å². The predicted molar refractivity (Wildman–Crippen MR) is 133 cm³/mol. The molecule has 35 heavy (non-hydrogen) atoms. The minimum atomic E-state index is -4.48. The Morgan fingerprint density at radius 1 is 1.00 bits per heavy atom. The number of para-hydroxylation sites is 1. The molecule has 0 fully saturated rings. The molecule has 0 saturated carbocycles. The second-order valence-electron chi connectivity index (χ2n) is 7.41. The van der Waals surface area contributed by atoms with Crippen molar-refractivity contribution < 1.29 is 33.1 Å². The second kappa shape index (κ2) is 12.5. The minimum Gasteiger partial charge on any atom is -0.482 e. The van der Waals surface area contributed by atoms with Crippen LogP contribution in [0.25, 0.3) is 0 Å². The van der Waals surface area contributed by atoms with Crippen molar-refractivity contribution in [1.29, 1.82) is 0 Å². The standard InChI is InChI=1S/C25H25ClNO7P/c1-3-18(2)34-35(29,30)25(27-33-24(28)17-31-21-14-12-20(26)13-15-21)19-8-7-11-23(16-19)32-22-9-5-4-6-10-22/h4-16,18H,3,17H2,1-2H3,(H,29,30). The van der Waals surface area contributed by atoms with Crippen LogP contribution in [0.4, 0.5) is 0 Å². The molecule has 0 bridgehead atoms. The van der Waals surface area contributed by atoms with Gasteiger partial charge in [0.05, 0.1) is 6.10 Å². The lowest BCUT2D eigenvalue weighted by Gasteiger charge is -2.18. The second-order valence-corrected chi connectivity index (χ2v) is 9.52. The van der Waals surface area contributed by atoms with Crippen molar-refractivity contribution in [3.63, 3.8) is 0 Å². The average Bonchev–Trinajstić information content (AvgIpc) is 2.84. The summed E-state index contributed by atoms with van der Waals surface area (Å²) in [7, 11) is -4.48.